The van der Waals surface area contributed by atoms with Crippen molar-refractivity contribution in [2.24, 2.45) is 0 Å². The van der Waals surface area contributed by atoms with Crippen LogP contribution in [-0.4, -0.2) is 62.2 Å². The number of rotatable bonds is 9. The number of ether oxygens (including phenoxy) is 1. The predicted molar refractivity (Wildman–Crippen MR) is 117 cm³/mol. The lowest BCUT2D eigenvalue weighted by Crippen LogP contribution is -2.40. The van der Waals surface area contributed by atoms with Gasteiger partial charge in [0.2, 0.25) is 15.9 Å². The quantitative estimate of drug-likeness (QED) is 0.592. The van der Waals surface area contributed by atoms with Crippen molar-refractivity contribution in [3.05, 3.63) is 54.2 Å². The van der Waals surface area contributed by atoms with Crippen LogP contribution < -0.4 is 5.32 Å². The number of amides is 1. The molecule has 0 bridgehead atoms. The summed E-state index contributed by atoms with van der Waals surface area (Å²) in [6.45, 7) is 4.19. The minimum atomic E-state index is -3.56. The first kappa shape index (κ1) is 22.7. The lowest BCUT2D eigenvalue weighted by Gasteiger charge is -2.25. The monoisotopic (exact) mass is 449 g/mol. The van der Waals surface area contributed by atoms with Crippen LogP contribution in [-0.2, 0) is 19.6 Å². The molecule has 1 N–H and O–H groups in total. The first-order valence-corrected chi connectivity index (χ1v) is 12.4. The highest BCUT2D eigenvalue weighted by Crippen LogP contribution is 2.21. The molecule has 1 aliphatic rings. The molecule has 0 radical (unpaired) electrons. The molecule has 1 atom stereocenters. The van der Waals surface area contributed by atoms with Gasteiger partial charge in [-0.15, -0.1) is 0 Å². The van der Waals surface area contributed by atoms with Gasteiger partial charge in [0.05, 0.1) is 24.0 Å². The lowest BCUT2D eigenvalue weighted by molar-refractivity contribution is -0.118. The Morgan fingerprint density at radius 1 is 1.20 bits per heavy atom. The maximum Gasteiger partial charge on any atom is 0.244 e. The summed E-state index contributed by atoms with van der Waals surface area (Å²) in [6, 6.07) is 13.3. The molecule has 7 nitrogen and oxygen atoms in total. The zero-order chi connectivity index (χ0) is 21.4. The van der Waals surface area contributed by atoms with Crippen molar-refractivity contribution in [3.8, 4) is 0 Å². The average Bonchev–Trinajstić information content (AvgIpc) is 2.79. The highest BCUT2D eigenvalue weighted by molar-refractivity contribution is 7.99. The summed E-state index contributed by atoms with van der Waals surface area (Å²) in [5.74, 6) is 0.442. The smallest absolute Gasteiger partial charge is 0.244 e. The molecule has 1 aromatic carbocycles. The second kappa shape index (κ2) is 10.9. The minimum Gasteiger partial charge on any atom is -0.379 e. The number of pyridine rings is 1. The summed E-state index contributed by atoms with van der Waals surface area (Å²) in [5.41, 5.74) is 1.21. The number of carbonyl (C=O) groups is 1. The van der Waals surface area contributed by atoms with E-state index in [1.54, 1.807) is 12.1 Å². The van der Waals surface area contributed by atoms with Crippen molar-refractivity contribution < 1.29 is 17.9 Å². The minimum absolute atomic E-state index is 0.0683. The highest BCUT2D eigenvalue weighted by Gasteiger charge is 2.26. The third kappa shape index (κ3) is 6.04. The molecule has 2 aromatic rings. The standard InChI is InChI=1S/C21H27N3O4S2/c1-2-17(18-6-4-3-5-7-18)14-22-20(25)16-29-21-9-8-19(15-23-21)30(26,27)24-10-12-28-13-11-24/h3-9,15,17H,2,10-14,16H2,1H3,(H,22,25). The number of hydrogen-bond acceptors (Lipinski definition) is 6. The fourth-order valence-corrected chi connectivity index (χ4v) is 5.22. The van der Waals surface area contributed by atoms with E-state index in [2.05, 4.69) is 29.4 Å². The first-order chi connectivity index (χ1) is 14.5. The molecule has 3 rings (SSSR count). The number of nitrogens with one attached hydrogen (secondary N) is 1. The Kier molecular flexibility index (Phi) is 8.26. The Hall–Kier alpha value is -1.94. The molecule has 0 aliphatic carbocycles. The summed E-state index contributed by atoms with van der Waals surface area (Å²) < 4.78 is 31.9. The fraction of sp³-hybridized carbons (Fsp3) is 0.429. The van der Waals surface area contributed by atoms with E-state index in [1.807, 2.05) is 18.2 Å². The molecule has 1 aliphatic heterocycles. The molecule has 30 heavy (non-hydrogen) atoms. The number of hydrogen-bond donors (Lipinski definition) is 1. The van der Waals surface area contributed by atoms with Gasteiger partial charge in [-0.3, -0.25) is 4.79 Å². The Balaban J connectivity index is 1.49. The van der Waals surface area contributed by atoms with E-state index < -0.39 is 10.0 Å². The summed E-state index contributed by atoms with van der Waals surface area (Å²) in [5, 5.41) is 3.59. The zero-order valence-corrected chi connectivity index (χ0v) is 18.6. The number of carbonyl (C=O) groups excluding carboxylic acids is 1. The van der Waals surface area contributed by atoms with Crippen LogP contribution in [0.3, 0.4) is 0 Å². The van der Waals surface area contributed by atoms with Gasteiger partial charge in [0.15, 0.2) is 0 Å². The summed E-state index contributed by atoms with van der Waals surface area (Å²) >= 11 is 1.29. The van der Waals surface area contributed by atoms with E-state index in [0.29, 0.717) is 37.9 Å². The van der Waals surface area contributed by atoms with E-state index in [4.69, 9.17) is 4.74 Å². The van der Waals surface area contributed by atoms with Gasteiger partial charge in [0.1, 0.15) is 4.90 Å². The SMILES string of the molecule is CCC(CNC(=O)CSc1ccc(S(=O)(=O)N2CCOCC2)cn1)c1ccccc1. The van der Waals surface area contributed by atoms with Crippen molar-refractivity contribution in [2.45, 2.75) is 29.2 Å². The Labute approximate surface area is 182 Å². The molecule has 1 aromatic heterocycles. The number of nitrogens with zero attached hydrogens (tertiary/aromatic N) is 2. The molecule has 9 heteroatoms. The van der Waals surface area contributed by atoms with Crippen molar-refractivity contribution in [1.82, 2.24) is 14.6 Å². The summed E-state index contributed by atoms with van der Waals surface area (Å²) in [7, 11) is -3.56. The van der Waals surface area contributed by atoms with Gasteiger partial charge in [0.25, 0.3) is 0 Å². The van der Waals surface area contributed by atoms with Gasteiger partial charge in [-0.2, -0.15) is 4.31 Å². The first-order valence-electron chi connectivity index (χ1n) is 9.99. The molecule has 0 spiro atoms. The van der Waals surface area contributed by atoms with E-state index in [9.17, 15) is 13.2 Å². The van der Waals surface area contributed by atoms with Crippen LogP contribution in [0.5, 0.6) is 0 Å². The van der Waals surface area contributed by atoms with Gasteiger partial charge in [-0.1, -0.05) is 49.0 Å². The largest absolute Gasteiger partial charge is 0.379 e. The van der Waals surface area contributed by atoms with E-state index in [1.165, 1.54) is 27.8 Å². The molecule has 1 saturated heterocycles. The lowest BCUT2D eigenvalue weighted by atomic mass is 9.96. The summed E-state index contributed by atoms with van der Waals surface area (Å²) in [6.07, 6.45) is 2.30. The second-order valence-electron chi connectivity index (χ2n) is 6.96. The molecule has 1 unspecified atom stereocenters. The number of thioether (sulfide) groups is 1. The van der Waals surface area contributed by atoms with Crippen molar-refractivity contribution in [2.75, 3.05) is 38.6 Å². The highest BCUT2D eigenvalue weighted by atomic mass is 32.2. The Morgan fingerprint density at radius 3 is 2.57 bits per heavy atom. The second-order valence-corrected chi connectivity index (χ2v) is 9.89. The maximum absolute atomic E-state index is 12.6. The third-order valence-electron chi connectivity index (χ3n) is 4.98. The Morgan fingerprint density at radius 2 is 1.93 bits per heavy atom. The van der Waals surface area contributed by atoms with Gasteiger partial charge in [-0.05, 0) is 24.1 Å². The number of benzene rings is 1. The molecule has 0 saturated carbocycles. The van der Waals surface area contributed by atoms with Crippen LogP contribution in [0, 0.1) is 0 Å². The van der Waals surface area contributed by atoms with E-state index in [-0.39, 0.29) is 22.5 Å². The van der Waals surface area contributed by atoms with Crippen molar-refractivity contribution in [1.29, 1.82) is 0 Å². The average molecular weight is 450 g/mol. The van der Waals surface area contributed by atoms with Crippen LogP contribution in [0.4, 0.5) is 0 Å². The Bertz CT molecular complexity index is 915. The number of morpholine rings is 1. The predicted octanol–water partition coefficient (Wildman–Crippen LogP) is 2.50. The zero-order valence-electron chi connectivity index (χ0n) is 17.0. The fourth-order valence-electron chi connectivity index (χ4n) is 3.19. The van der Waals surface area contributed by atoms with Crippen LogP contribution in [0.15, 0.2) is 58.6 Å². The number of sulfonamides is 1. The normalized spacial score (nSPS) is 16.2. The third-order valence-corrected chi connectivity index (χ3v) is 7.80. The van der Waals surface area contributed by atoms with E-state index >= 15 is 0 Å². The van der Waals surface area contributed by atoms with E-state index in [0.717, 1.165) is 6.42 Å². The molecule has 2 heterocycles. The maximum atomic E-state index is 12.6. The van der Waals surface area contributed by atoms with Crippen LogP contribution in [0.25, 0.3) is 0 Å². The molecule has 162 valence electrons. The summed E-state index contributed by atoms with van der Waals surface area (Å²) in [4.78, 5) is 16.6. The molecular weight excluding hydrogens is 422 g/mol. The van der Waals surface area contributed by atoms with Crippen molar-refractivity contribution in [3.63, 3.8) is 0 Å². The van der Waals surface area contributed by atoms with Crippen LogP contribution >= 0.6 is 11.8 Å². The van der Waals surface area contributed by atoms with Crippen LogP contribution in [0.2, 0.25) is 0 Å². The van der Waals surface area contributed by atoms with Gasteiger partial charge in [0, 0.05) is 31.7 Å². The molecule has 1 fully saturated rings. The van der Waals surface area contributed by atoms with Crippen molar-refractivity contribution >= 4 is 27.7 Å². The molecular formula is C21H27N3O4S2. The van der Waals surface area contributed by atoms with Gasteiger partial charge < -0.3 is 10.1 Å². The van der Waals surface area contributed by atoms with Gasteiger partial charge >= 0.3 is 0 Å². The molecule has 1 amide bonds. The number of aromatic nitrogens is 1. The van der Waals surface area contributed by atoms with Gasteiger partial charge in [-0.25, -0.2) is 13.4 Å². The topological polar surface area (TPSA) is 88.6 Å². The van der Waals surface area contributed by atoms with Crippen LogP contribution in [0.1, 0.15) is 24.8 Å².